The quantitative estimate of drug-likeness (QED) is 0.447. The van der Waals surface area contributed by atoms with Crippen molar-refractivity contribution in [2.24, 2.45) is 4.99 Å². The second-order valence-electron chi connectivity index (χ2n) is 7.39. The van der Waals surface area contributed by atoms with Gasteiger partial charge in [-0.1, -0.05) is 12.1 Å². The molecule has 0 unspecified atom stereocenters. The van der Waals surface area contributed by atoms with Crippen LogP contribution in [0.15, 0.2) is 29.3 Å². The Hall–Kier alpha value is -2.94. The van der Waals surface area contributed by atoms with Crippen molar-refractivity contribution in [1.29, 1.82) is 0 Å². The molecule has 1 aromatic heterocycles. The number of benzene rings is 1. The molecule has 2 aromatic rings. The van der Waals surface area contributed by atoms with Crippen LogP contribution in [0.4, 0.5) is 0 Å². The Balaban J connectivity index is 1.53. The van der Waals surface area contributed by atoms with Gasteiger partial charge >= 0.3 is 0 Å². The first kappa shape index (κ1) is 22.7. The summed E-state index contributed by atoms with van der Waals surface area (Å²) in [5.74, 6) is 0.522. The van der Waals surface area contributed by atoms with E-state index in [1.807, 2.05) is 26.0 Å². The van der Waals surface area contributed by atoms with E-state index < -0.39 is 0 Å². The van der Waals surface area contributed by atoms with Crippen LogP contribution in [-0.2, 0) is 17.8 Å². The van der Waals surface area contributed by atoms with Crippen LogP contribution in [0.1, 0.15) is 38.4 Å². The van der Waals surface area contributed by atoms with Gasteiger partial charge in [-0.25, -0.2) is 9.98 Å². The largest absolute Gasteiger partial charge is 0.357 e. The molecule has 2 heterocycles. The zero-order valence-corrected chi connectivity index (χ0v) is 19.1. The van der Waals surface area contributed by atoms with Gasteiger partial charge in [0.15, 0.2) is 5.96 Å². The van der Waals surface area contributed by atoms with E-state index in [0.717, 1.165) is 41.7 Å². The zero-order chi connectivity index (χ0) is 22.2. The van der Waals surface area contributed by atoms with Crippen molar-refractivity contribution in [3.05, 3.63) is 51.0 Å². The van der Waals surface area contributed by atoms with Crippen molar-refractivity contribution in [2.45, 2.75) is 33.7 Å². The highest BCUT2D eigenvalue weighted by molar-refractivity contribution is 7.11. The summed E-state index contributed by atoms with van der Waals surface area (Å²) in [6.45, 7) is 9.36. The van der Waals surface area contributed by atoms with E-state index in [9.17, 15) is 9.59 Å². The maximum atomic E-state index is 12.6. The van der Waals surface area contributed by atoms with Gasteiger partial charge in [0.1, 0.15) is 0 Å². The molecule has 3 N–H and O–H groups in total. The lowest BCUT2D eigenvalue weighted by Gasteiger charge is -2.26. The number of nitrogens with one attached hydrogen (secondary N) is 3. The SMILES string of the molecule is CCNC(=NCc1ccc(C(=O)N2CCNC(=O)C2)cc1)NCCc1nc(C)c(C)s1. The van der Waals surface area contributed by atoms with Crippen molar-refractivity contribution < 1.29 is 9.59 Å². The summed E-state index contributed by atoms with van der Waals surface area (Å²) in [5.41, 5.74) is 2.70. The van der Waals surface area contributed by atoms with Gasteiger partial charge in [0.25, 0.3) is 5.91 Å². The average Bonchev–Trinajstić information content (AvgIpc) is 3.09. The number of thiazole rings is 1. The van der Waals surface area contributed by atoms with Gasteiger partial charge in [0.2, 0.25) is 5.91 Å². The Bertz CT molecular complexity index is 918. The molecular formula is C22H30N6O2S. The summed E-state index contributed by atoms with van der Waals surface area (Å²) in [4.78, 5) is 36.1. The topological polar surface area (TPSA) is 98.7 Å². The van der Waals surface area contributed by atoms with E-state index in [0.29, 0.717) is 25.2 Å². The van der Waals surface area contributed by atoms with Crippen LogP contribution in [0.3, 0.4) is 0 Å². The molecule has 0 bridgehead atoms. The molecule has 3 rings (SSSR count). The number of rotatable bonds is 7. The van der Waals surface area contributed by atoms with E-state index in [1.54, 1.807) is 28.4 Å². The third-order valence-corrected chi connectivity index (χ3v) is 6.13. The molecule has 1 saturated heterocycles. The first-order valence-electron chi connectivity index (χ1n) is 10.6. The number of nitrogens with zero attached hydrogens (tertiary/aromatic N) is 3. The van der Waals surface area contributed by atoms with Gasteiger partial charge in [-0.3, -0.25) is 9.59 Å². The predicted octanol–water partition coefficient (Wildman–Crippen LogP) is 1.63. The average molecular weight is 443 g/mol. The molecule has 1 fully saturated rings. The molecule has 0 spiro atoms. The number of aromatic nitrogens is 1. The van der Waals surface area contributed by atoms with Crippen LogP contribution in [0.2, 0.25) is 0 Å². The number of carbonyl (C=O) groups excluding carboxylic acids is 2. The first-order valence-corrected chi connectivity index (χ1v) is 11.4. The fourth-order valence-electron chi connectivity index (χ4n) is 3.19. The number of hydrogen-bond acceptors (Lipinski definition) is 5. The summed E-state index contributed by atoms with van der Waals surface area (Å²) >= 11 is 1.74. The summed E-state index contributed by atoms with van der Waals surface area (Å²) in [5, 5.41) is 10.5. The number of hydrogen-bond donors (Lipinski definition) is 3. The predicted molar refractivity (Wildman–Crippen MR) is 123 cm³/mol. The number of aryl methyl sites for hydroxylation is 2. The third-order valence-electron chi connectivity index (χ3n) is 4.99. The lowest BCUT2D eigenvalue weighted by Crippen LogP contribution is -2.49. The van der Waals surface area contributed by atoms with Gasteiger partial charge < -0.3 is 20.9 Å². The van der Waals surface area contributed by atoms with Crippen LogP contribution < -0.4 is 16.0 Å². The van der Waals surface area contributed by atoms with E-state index in [-0.39, 0.29) is 18.4 Å². The van der Waals surface area contributed by atoms with Gasteiger partial charge in [0.05, 0.1) is 23.8 Å². The van der Waals surface area contributed by atoms with E-state index >= 15 is 0 Å². The molecule has 166 valence electrons. The fourth-order valence-corrected chi connectivity index (χ4v) is 4.13. The first-order chi connectivity index (χ1) is 15.0. The van der Waals surface area contributed by atoms with Crippen LogP contribution in [0.25, 0.3) is 0 Å². The molecule has 1 aliphatic rings. The number of guanidine groups is 1. The Labute approximate surface area is 187 Å². The molecule has 1 aliphatic heterocycles. The molecule has 9 heteroatoms. The van der Waals surface area contributed by atoms with Gasteiger partial charge in [-0.15, -0.1) is 11.3 Å². The minimum atomic E-state index is -0.118. The van der Waals surface area contributed by atoms with E-state index in [1.165, 1.54) is 4.88 Å². The van der Waals surface area contributed by atoms with Crippen molar-refractivity contribution in [3.63, 3.8) is 0 Å². The number of carbonyl (C=O) groups is 2. The number of piperazine rings is 1. The Morgan fingerprint density at radius 2 is 2.03 bits per heavy atom. The van der Waals surface area contributed by atoms with Gasteiger partial charge in [-0.2, -0.15) is 0 Å². The number of aliphatic imine (C=N–C) groups is 1. The lowest BCUT2D eigenvalue weighted by atomic mass is 10.1. The molecule has 8 nitrogen and oxygen atoms in total. The highest BCUT2D eigenvalue weighted by Gasteiger charge is 2.22. The Morgan fingerprint density at radius 3 is 2.68 bits per heavy atom. The van der Waals surface area contributed by atoms with E-state index in [4.69, 9.17) is 0 Å². The number of amides is 2. The summed E-state index contributed by atoms with van der Waals surface area (Å²) < 4.78 is 0. The maximum absolute atomic E-state index is 12.6. The van der Waals surface area contributed by atoms with Gasteiger partial charge in [0, 0.05) is 43.0 Å². The van der Waals surface area contributed by atoms with Crippen molar-refractivity contribution in [2.75, 3.05) is 32.7 Å². The minimum Gasteiger partial charge on any atom is -0.357 e. The van der Waals surface area contributed by atoms with Crippen molar-refractivity contribution in [1.82, 2.24) is 25.8 Å². The molecule has 0 atom stereocenters. The van der Waals surface area contributed by atoms with E-state index in [2.05, 4.69) is 32.9 Å². The van der Waals surface area contributed by atoms with Crippen LogP contribution in [0, 0.1) is 13.8 Å². The van der Waals surface area contributed by atoms with Crippen LogP contribution in [-0.4, -0.2) is 60.4 Å². The summed E-state index contributed by atoms with van der Waals surface area (Å²) in [7, 11) is 0. The molecule has 0 aliphatic carbocycles. The molecule has 0 saturated carbocycles. The van der Waals surface area contributed by atoms with Crippen LogP contribution >= 0.6 is 11.3 Å². The van der Waals surface area contributed by atoms with Gasteiger partial charge in [-0.05, 0) is 38.5 Å². The lowest BCUT2D eigenvalue weighted by molar-refractivity contribution is -0.123. The second kappa shape index (κ2) is 10.9. The molecule has 2 amide bonds. The highest BCUT2D eigenvalue weighted by atomic mass is 32.1. The normalized spacial score (nSPS) is 14.4. The fraction of sp³-hybridized carbons (Fsp3) is 0.455. The smallest absolute Gasteiger partial charge is 0.254 e. The third kappa shape index (κ3) is 6.52. The summed E-state index contributed by atoms with van der Waals surface area (Å²) in [6.07, 6.45) is 0.856. The molecule has 1 aromatic carbocycles. The monoisotopic (exact) mass is 442 g/mol. The van der Waals surface area contributed by atoms with Crippen molar-refractivity contribution >= 4 is 29.1 Å². The molecule has 31 heavy (non-hydrogen) atoms. The maximum Gasteiger partial charge on any atom is 0.254 e. The van der Waals surface area contributed by atoms with Crippen LogP contribution in [0.5, 0.6) is 0 Å². The zero-order valence-electron chi connectivity index (χ0n) is 18.3. The standard InChI is InChI=1S/C22H30N6O2S/c1-4-23-22(25-10-9-20-27-15(2)16(3)31-20)26-13-17-5-7-18(8-6-17)21(30)28-12-11-24-19(29)14-28/h5-8H,4,9-14H2,1-3H3,(H,24,29)(H2,23,25,26). The Morgan fingerprint density at radius 1 is 1.26 bits per heavy atom. The highest BCUT2D eigenvalue weighted by Crippen LogP contribution is 2.16. The summed E-state index contributed by atoms with van der Waals surface area (Å²) in [6, 6.07) is 7.41. The molecular weight excluding hydrogens is 412 g/mol. The second-order valence-corrected chi connectivity index (χ2v) is 8.68. The van der Waals surface area contributed by atoms with Crippen molar-refractivity contribution in [3.8, 4) is 0 Å². The molecule has 0 radical (unpaired) electrons. The Kier molecular flexibility index (Phi) is 8.00. The minimum absolute atomic E-state index is 0.114.